The van der Waals surface area contributed by atoms with Crippen LogP contribution in [0, 0.1) is 6.92 Å². The molecule has 25 heavy (non-hydrogen) atoms. The molecular formula is C16H14N4O4S. The summed E-state index contributed by atoms with van der Waals surface area (Å²) in [5.41, 5.74) is 3.03. The number of rotatable bonds is 3. The lowest BCUT2D eigenvalue weighted by Gasteiger charge is -2.08. The van der Waals surface area contributed by atoms with Gasteiger partial charge in [-0.15, -0.1) is 0 Å². The standard InChI is InChI=1S/C16H14N4O4S/c1-9-13-7-12(8-18-16(13)24-19-9)25(22,23)20-15(21)11-2-3-14-10(6-11)4-5-17-14/h2-3,6-8,17H,4-5H2,1H3,(H,20,21). The number of nitrogens with zero attached hydrogens (tertiary/aromatic N) is 2. The van der Waals surface area contributed by atoms with Crippen molar-refractivity contribution in [1.29, 1.82) is 0 Å². The van der Waals surface area contributed by atoms with Crippen molar-refractivity contribution in [3.63, 3.8) is 0 Å². The summed E-state index contributed by atoms with van der Waals surface area (Å²) in [5, 5.41) is 7.41. The van der Waals surface area contributed by atoms with Crippen molar-refractivity contribution >= 4 is 32.7 Å². The maximum absolute atomic E-state index is 12.5. The molecule has 4 rings (SSSR count). The number of benzene rings is 1. The van der Waals surface area contributed by atoms with Gasteiger partial charge < -0.3 is 9.84 Å². The van der Waals surface area contributed by atoms with E-state index in [1.165, 1.54) is 6.07 Å². The van der Waals surface area contributed by atoms with E-state index in [-0.39, 0.29) is 10.6 Å². The Kier molecular flexibility index (Phi) is 3.46. The highest BCUT2D eigenvalue weighted by molar-refractivity contribution is 7.90. The summed E-state index contributed by atoms with van der Waals surface area (Å²) in [6.45, 7) is 2.49. The third-order valence-corrected chi connectivity index (χ3v) is 5.40. The number of aryl methyl sites for hydroxylation is 1. The molecule has 0 atom stereocenters. The van der Waals surface area contributed by atoms with Gasteiger partial charge in [0.1, 0.15) is 4.90 Å². The van der Waals surface area contributed by atoms with Gasteiger partial charge in [-0.2, -0.15) is 0 Å². The Balaban J connectivity index is 1.63. The van der Waals surface area contributed by atoms with Crippen molar-refractivity contribution in [2.75, 3.05) is 11.9 Å². The molecule has 0 saturated carbocycles. The normalized spacial score (nSPS) is 13.5. The van der Waals surface area contributed by atoms with E-state index in [1.807, 2.05) is 0 Å². The molecule has 0 aliphatic carbocycles. The lowest BCUT2D eigenvalue weighted by Crippen LogP contribution is -2.30. The molecule has 1 aliphatic rings. The molecule has 0 saturated heterocycles. The predicted octanol–water partition coefficient (Wildman–Crippen LogP) is 1.62. The van der Waals surface area contributed by atoms with E-state index in [0.29, 0.717) is 16.6 Å². The molecule has 1 amide bonds. The Labute approximate surface area is 143 Å². The first-order chi connectivity index (χ1) is 11.9. The number of hydrogen-bond donors (Lipinski definition) is 2. The maximum atomic E-state index is 12.5. The zero-order chi connectivity index (χ0) is 17.6. The van der Waals surface area contributed by atoms with Gasteiger partial charge in [0.15, 0.2) is 0 Å². The van der Waals surface area contributed by atoms with Gasteiger partial charge in [-0.3, -0.25) is 4.79 Å². The highest BCUT2D eigenvalue weighted by atomic mass is 32.2. The summed E-state index contributed by atoms with van der Waals surface area (Å²) >= 11 is 0. The Morgan fingerprint density at radius 3 is 3.00 bits per heavy atom. The molecule has 0 bridgehead atoms. The summed E-state index contributed by atoms with van der Waals surface area (Å²) in [5.74, 6) is -0.683. The Hall–Kier alpha value is -2.94. The summed E-state index contributed by atoms with van der Waals surface area (Å²) in [6, 6.07) is 6.45. The fourth-order valence-electron chi connectivity index (χ4n) is 2.76. The number of pyridine rings is 1. The predicted molar refractivity (Wildman–Crippen MR) is 89.8 cm³/mol. The number of carbonyl (C=O) groups excluding carboxylic acids is 1. The van der Waals surface area contributed by atoms with Crippen molar-refractivity contribution in [3.8, 4) is 0 Å². The third kappa shape index (κ3) is 2.72. The third-order valence-electron chi connectivity index (χ3n) is 4.10. The number of carbonyl (C=O) groups is 1. The number of fused-ring (bicyclic) bond motifs is 2. The van der Waals surface area contributed by atoms with Crippen LogP contribution in [0.2, 0.25) is 0 Å². The Morgan fingerprint density at radius 2 is 2.16 bits per heavy atom. The fourth-order valence-corrected chi connectivity index (χ4v) is 3.70. The highest BCUT2D eigenvalue weighted by Crippen LogP contribution is 2.23. The van der Waals surface area contributed by atoms with Crippen LogP contribution in [0.15, 0.2) is 39.9 Å². The maximum Gasteiger partial charge on any atom is 0.265 e. The lowest BCUT2D eigenvalue weighted by molar-refractivity contribution is 0.0981. The smallest absolute Gasteiger partial charge is 0.265 e. The largest absolute Gasteiger partial charge is 0.384 e. The second kappa shape index (κ2) is 5.55. The van der Waals surface area contributed by atoms with Crippen molar-refractivity contribution < 1.29 is 17.7 Å². The van der Waals surface area contributed by atoms with Crippen LogP contribution < -0.4 is 10.0 Å². The first kappa shape index (κ1) is 15.6. The van der Waals surface area contributed by atoms with Crippen molar-refractivity contribution in [2.24, 2.45) is 0 Å². The van der Waals surface area contributed by atoms with Crippen molar-refractivity contribution in [2.45, 2.75) is 18.2 Å². The molecule has 0 unspecified atom stereocenters. The van der Waals surface area contributed by atoms with Crippen molar-refractivity contribution in [3.05, 3.63) is 47.3 Å². The molecule has 9 heteroatoms. The molecule has 0 spiro atoms. The molecule has 2 N–H and O–H groups in total. The minimum absolute atomic E-state index is 0.123. The topological polar surface area (TPSA) is 114 Å². The average Bonchev–Trinajstić information content (AvgIpc) is 3.20. The second-order valence-electron chi connectivity index (χ2n) is 5.78. The fraction of sp³-hybridized carbons (Fsp3) is 0.188. The molecule has 3 heterocycles. The number of nitrogens with one attached hydrogen (secondary N) is 2. The minimum Gasteiger partial charge on any atom is -0.384 e. The second-order valence-corrected chi connectivity index (χ2v) is 7.46. The number of hydrogen-bond acceptors (Lipinski definition) is 7. The number of amides is 1. The molecule has 3 aromatic rings. The van der Waals surface area contributed by atoms with E-state index in [9.17, 15) is 13.2 Å². The van der Waals surface area contributed by atoms with E-state index in [4.69, 9.17) is 4.52 Å². The first-order valence-electron chi connectivity index (χ1n) is 7.60. The van der Waals surface area contributed by atoms with E-state index < -0.39 is 15.9 Å². The van der Waals surface area contributed by atoms with Crippen LogP contribution in [0.5, 0.6) is 0 Å². The van der Waals surface area contributed by atoms with Gasteiger partial charge in [0, 0.05) is 17.8 Å². The summed E-state index contributed by atoms with van der Waals surface area (Å²) in [4.78, 5) is 16.2. The lowest BCUT2D eigenvalue weighted by atomic mass is 10.1. The van der Waals surface area contributed by atoms with E-state index in [0.717, 1.165) is 30.4 Å². The summed E-state index contributed by atoms with van der Waals surface area (Å²) in [6.07, 6.45) is 1.94. The van der Waals surface area contributed by atoms with Gasteiger partial charge in [0.2, 0.25) is 0 Å². The van der Waals surface area contributed by atoms with Crippen LogP contribution >= 0.6 is 0 Å². The SMILES string of the molecule is Cc1noc2ncc(S(=O)(=O)NC(=O)c3ccc4c(c3)CCN4)cc12. The molecule has 0 fully saturated rings. The zero-order valence-corrected chi connectivity index (χ0v) is 14.1. The number of anilines is 1. The van der Waals surface area contributed by atoms with E-state index in [1.54, 1.807) is 25.1 Å². The van der Waals surface area contributed by atoms with Crippen LogP contribution in [-0.4, -0.2) is 31.0 Å². The molecule has 0 radical (unpaired) electrons. The highest BCUT2D eigenvalue weighted by Gasteiger charge is 2.22. The number of aromatic nitrogens is 2. The molecule has 1 aliphatic heterocycles. The van der Waals surface area contributed by atoms with Crippen molar-refractivity contribution in [1.82, 2.24) is 14.9 Å². The Morgan fingerprint density at radius 1 is 1.32 bits per heavy atom. The van der Waals surface area contributed by atoms with Crippen LogP contribution in [0.4, 0.5) is 5.69 Å². The van der Waals surface area contributed by atoms with Gasteiger partial charge in [-0.1, -0.05) is 5.16 Å². The van der Waals surface area contributed by atoms with Crippen LogP contribution in [0.25, 0.3) is 11.1 Å². The van der Waals surface area contributed by atoms with E-state index >= 15 is 0 Å². The molecule has 2 aromatic heterocycles. The molecular weight excluding hydrogens is 344 g/mol. The minimum atomic E-state index is -4.05. The molecule has 1 aromatic carbocycles. The van der Waals surface area contributed by atoms with Gasteiger partial charge in [-0.05, 0) is 43.2 Å². The molecule has 8 nitrogen and oxygen atoms in total. The van der Waals surface area contributed by atoms with Gasteiger partial charge >= 0.3 is 0 Å². The molecule has 128 valence electrons. The first-order valence-corrected chi connectivity index (χ1v) is 9.08. The van der Waals surface area contributed by atoms with E-state index in [2.05, 4.69) is 20.2 Å². The van der Waals surface area contributed by atoms with Gasteiger partial charge in [0.05, 0.1) is 17.3 Å². The zero-order valence-electron chi connectivity index (χ0n) is 13.2. The van der Waals surface area contributed by atoms with Crippen LogP contribution in [-0.2, 0) is 16.4 Å². The summed E-state index contributed by atoms with van der Waals surface area (Å²) in [7, 11) is -4.05. The number of sulfonamides is 1. The monoisotopic (exact) mass is 358 g/mol. The quantitative estimate of drug-likeness (QED) is 0.731. The van der Waals surface area contributed by atoms with Gasteiger partial charge in [-0.25, -0.2) is 18.1 Å². The van der Waals surface area contributed by atoms with Crippen LogP contribution in [0.3, 0.4) is 0 Å². The summed E-state index contributed by atoms with van der Waals surface area (Å²) < 4.78 is 32.0. The van der Waals surface area contributed by atoms with Gasteiger partial charge in [0.25, 0.3) is 21.6 Å². The Bertz CT molecular complexity index is 1100. The van der Waals surface area contributed by atoms with Crippen LogP contribution in [0.1, 0.15) is 21.6 Å². The average molecular weight is 358 g/mol.